The van der Waals surface area contributed by atoms with Crippen molar-refractivity contribution in [3.63, 3.8) is 0 Å². The van der Waals surface area contributed by atoms with E-state index in [4.69, 9.17) is 4.74 Å². The number of aromatic nitrogens is 1. The van der Waals surface area contributed by atoms with Crippen LogP contribution in [0.1, 0.15) is 15.9 Å². The van der Waals surface area contributed by atoms with Gasteiger partial charge in [-0.25, -0.2) is 9.37 Å². The van der Waals surface area contributed by atoms with Crippen LogP contribution in [0.3, 0.4) is 0 Å². The molecule has 3 N–H and O–H groups in total. The number of halogens is 1. The number of thiazole rings is 1. The van der Waals surface area contributed by atoms with Gasteiger partial charge in [0.25, 0.3) is 11.8 Å². The summed E-state index contributed by atoms with van der Waals surface area (Å²) in [6, 6.07) is 28.7. The molecule has 0 bridgehead atoms. The summed E-state index contributed by atoms with van der Waals surface area (Å²) in [5.74, 6) is -0.748. The zero-order valence-corrected chi connectivity index (χ0v) is 25.6. The summed E-state index contributed by atoms with van der Waals surface area (Å²) in [7, 11) is 1.57. The number of carbonyl (C=O) groups is 3. The van der Waals surface area contributed by atoms with E-state index in [0.717, 1.165) is 10.5 Å². The third kappa shape index (κ3) is 8.88. The molecular formula is C34H27FN4O4S2. The van der Waals surface area contributed by atoms with Crippen molar-refractivity contribution in [3.8, 4) is 17.0 Å². The molecule has 45 heavy (non-hydrogen) atoms. The highest BCUT2D eigenvalue weighted by molar-refractivity contribution is 8.00. The zero-order valence-electron chi connectivity index (χ0n) is 24.0. The van der Waals surface area contributed by atoms with E-state index in [1.807, 2.05) is 6.07 Å². The molecule has 0 unspecified atom stereocenters. The summed E-state index contributed by atoms with van der Waals surface area (Å²) in [6.45, 7) is 0. The van der Waals surface area contributed by atoms with Crippen LogP contribution in [-0.4, -0.2) is 35.6 Å². The molecule has 0 saturated heterocycles. The molecule has 0 saturated carbocycles. The number of hydrogen-bond acceptors (Lipinski definition) is 7. The first kappa shape index (κ1) is 31.2. The van der Waals surface area contributed by atoms with Crippen LogP contribution >= 0.6 is 23.1 Å². The Morgan fingerprint density at radius 3 is 2.40 bits per heavy atom. The molecule has 0 spiro atoms. The molecule has 0 radical (unpaired) electrons. The molecule has 0 aliphatic rings. The van der Waals surface area contributed by atoms with Crippen LogP contribution in [0.5, 0.6) is 5.75 Å². The van der Waals surface area contributed by atoms with E-state index in [1.54, 1.807) is 103 Å². The van der Waals surface area contributed by atoms with Crippen molar-refractivity contribution in [1.29, 1.82) is 0 Å². The summed E-state index contributed by atoms with van der Waals surface area (Å²) in [4.78, 5) is 44.1. The Balaban J connectivity index is 1.22. The first-order valence-corrected chi connectivity index (χ1v) is 15.5. The summed E-state index contributed by atoms with van der Waals surface area (Å²) in [5.41, 5.74) is 3.04. The molecule has 1 aromatic heterocycles. The molecule has 0 aliphatic heterocycles. The number of anilines is 2. The van der Waals surface area contributed by atoms with Crippen molar-refractivity contribution in [2.24, 2.45) is 0 Å². The third-order valence-electron chi connectivity index (χ3n) is 6.31. The molecule has 0 aliphatic carbocycles. The summed E-state index contributed by atoms with van der Waals surface area (Å²) in [5, 5.41) is 10.6. The van der Waals surface area contributed by atoms with E-state index in [-0.39, 0.29) is 23.2 Å². The Bertz CT molecular complexity index is 1830. The maximum absolute atomic E-state index is 13.4. The van der Waals surface area contributed by atoms with Gasteiger partial charge in [-0.3, -0.25) is 14.4 Å². The van der Waals surface area contributed by atoms with Crippen molar-refractivity contribution < 1.29 is 23.5 Å². The number of thioether (sulfide) groups is 1. The first-order chi connectivity index (χ1) is 21.9. The van der Waals surface area contributed by atoms with Crippen LogP contribution in [0, 0.1) is 5.82 Å². The van der Waals surface area contributed by atoms with E-state index in [9.17, 15) is 18.8 Å². The number of methoxy groups -OCH3 is 1. The average molecular weight is 639 g/mol. The van der Waals surface area contributed by atoms with Crippen LogP contribution in [0.2, 0.25) is 0 Å². The second-order valence-electron chi connectivity index (χ2n) is 9.51. The number of ether oxygens (including phenoxy) is 1. The number of rotatable bonds is 11. The first-order valence-electron chi connectivity index (χ1n) is 13.6. The molecule has 5 rings (SSSR count). The lowest BCUT2D eigenvalue weighted by Crippen LogP contribution is -2.30. The maximum atomic E-state index is 13.4. The summed E-state index contributed by atoms with van der Waals surface area (Å²) < 4.78 is 18.4. The Kier molecular flexibility index (Phi) is 10.4. The minimum atomic E-state index is -0.518. The predicted octanol–water partition coefficient (Wildman–Crippen LogP) is 7.10. The molecular weight excluding hydrogens is 612 g/mol. The van der Waals surface area contributed by atoms with Gasteiger partial charge in [-0.15, -0.1) is 23.1 Å². The van der Waals surface area contributed by atoms with Crippen LogP contribution in [0.25, 0.3) is 17.3 Å². The molecule has 8 nitrogen and oxygen atoms in total. The predicted molar refractivity (Wildman–Crippen MR) is 177 cm³/mol. The fourth-order valence-electron chi connectivity index (χ4n) is 4.06. The average Bonchev–Trinajstić information content (AvgIpc) is 3.53. The molecule has 0 fully saturated rings. The van der Waals surface area contributed by atoms with Gasteiger partial charge in [-0.1, -0.05) is 36.4 Å². The van der Waals surface area contributed by atoms with Gasteiger partial charge in [-0.05, 0) is 78.4 Å². The fraction of sp³-hybridized carbons (Fsp3) is 0.0588. The minimum Gasteiger partial charge on any atom is -0.497 e. The highest BCUT2D eigenvalue weighted by atomic mass is 32.2. The molecule has 1 heterocycles. The van der Waals surface area contributed by atoms with E-state index >= 15 is 0 Å². The minimum absolute atomic E-state index is 0.0508. The van der Waals surface area contributed by atoms with Crippen molar-refractivity contribution >= 4 is 57.7 Å². The lowest BCUT2D eigenvalue weighted by atomic mass is 10.1. The van der Waals surface area contributed by atoms with Crippen LogP contribution < -0.4 is 20.7 Å². The normalized spacial score (nSPS) is 11.0. The van der Waals surface area contributed by atoms with E-state index in [1.165, 1.54) is 35.2 Å². The number of nitrogens with one attached hydrogen (secondary N) is 3. The highest BCUT2D eigenvalue weighted by Crippen LogP contribution is 2.26. The SMILES string of the molecule is COc1ccc(/C=C(/NC(=O)c2ccccc2)C(=O)Nc2cccc(SCC(=O)Nc3nc(-c4ccc(F)cc4)cs3)c2)cc1. The van der Waals surface area contributed by atoms with Crippen LogP contribution in [-0.2, 0) is 9.59 Å². The molecule has 3 amide bonds. The lowest BCUT2D eigenvalue weighted by Gasteiger charge is -2.12. The lowest BCUT2D eigenvalue weighted by molar-refractivity contribution is -0.114. The quantitative estimate of drug-likeness (QED) is 0.105. The maximum Gasteiger partial charge on any atom is 0.272 e. The number of nitrogens with zero attached hydrogens (tertiary/aromatic N) is 1. The Hall–Kier alpha value is -5.26. The van der Waals surface area contributed by atoms with Crippen LogP contribution in [0.15, 0.2) is 119 Å². The van der Waals surface area contributed by atoms with E-state index in [2.05, 4.69) is 20.9 Å². The summed E-state index contributed by atoms with van der Waals surface area (Å²) in [6.07, 6.45) is 1.58. The Morgan fingerprint density at radius 2 is 1.67 bits per heavy atom. The topological polar surface area (TPSA) is 109 Å². The number of carbonyl (C=O) groups excluding carboxylic acids is 3. The second-order valence-corrected chi connectivity index (χ2v) is 11.4. The number of hydrogen-bond donors (Lipinski definition) is 3. The van der Waals surface area contributed by atoms with Gasteiger partial charge in [-0.2, -0.15) is 0 Å². The molecule has 5 aromatic rings. The smallest absolute Gasteiger partial charge is 0.272 e. The monoisotopic (exact) mass is 638 g/mol. The largest absolute Gasteiger partial charge is 0.497 e. The number of amides is 3. The van der Waals surface area contributed by atoms with Gasteiger partial charge >= 0.3 is 0 Å². The van der Waals surface area contributed by atoms with Gasteiger partial charge in [0.15, 0.2) is 5.13 Å². The Morgan fingerprint density at radius 1 is 0.911 bits per heavy atom. The van der Waals surface area contributed by atoms with Gasteiger partial charge in [0, 0.05) is 27.1 Å². The van der Waals surface area contributed by atoms with E-state index in [0.29, 0.717) is 33.4 Å². The second kappa shape index (κ2) is 15.0. The van der Waals surface area contributed by atoms with Crippen molar-refractivity contribution in [1.82, 2.24) is 10.3 Å². The number of benzene rings is 4. The van der Waals surface area contributed by atoms with Crippen molar-refractivity contribution in [2.75, 3.05) is 23.5 Å². The molecule has 11 heteroatoms. The van der Waals surface area contributed by atoms with Crippen LogP contribution in [0.4, 0.5) is 15.2 Å². The Labute approximate surface area is 267 Å². The van der Waals surface area contributed by atoms with Crippen molar-refractivity contribution in [2.45, 2.75) is 4.90 Å². The molecule has 226 valence electrons. The van der Waals surface area contributed by atoms with Gasteiger partial charge in [0.2, 0.25) is 5.91 Å². The fourth-order valence-corrected chi connectivity index (χ4v) is 5.55. The van der Waals surface area contributed by atoms with Gasteiger partial charge < -0.3 is 20.7 Å². The zero-order chi connectivity index (χ0) is 31.6. The standard InChI is InChI=1S/C34H27FN4O4S2/c1-43-27-16-10-22(11-17-27)18-29(37-32(41)24-6-3-2-4-7-24)33(42)36-26-8-5-9-28(19-26)44-21-31(40)39-34-38-30(20-45-34)23-12-14-25(35)15-13-23/h2-20H,21H2,1H3,(H,36,42)(H,37,41)(H,38,39,40)/b29-18+. The third-order valence-corrected chi connectivity index (χ3v) is 8.06. The molecule has 4 aromatic carbocycles. The highest BCUT2D eigenvalue weighted by Gasteiger charge is 2.16. The van der Waals surface area contributed by atoms with Gasteiger partial charge in [0.1, 0.15) is 17.3 Å². The van der Waals surface area contributed by atoms with Crippen molar-refractivity contribution in [3.05, 3.63) is 131 Å². The van der Waals surface area contributed by atoms with E-state index < -0.39 is 11.8 Å². The van der Waals surface area contributed by atoms with Gasteiger partial charge in [0.05, 0.1) is 18.6 Å². The summed E-state index contributed by atoms with van der Waals surface area (Å²) >= 11 is 2.57. The molecule has 0 atom stereocenters.